The van der Waals surface area contributed by atoms with E-state index in [4.69, 9.17) is 41.0 Å². The molecule has 0 radical (unpaired) electrons. The molecule has 200 valence electrons. The van der Waals surface area contributed by atoms with Crippen LogP contribution in [0.2, 0.25) is 5.02 Å². The molecule has 1 unspecified atom stereocenters. The lowest BCUT2D eigenvalue weighted by Crippen LogP contribution is -2.47. The van der Waals surface area contributed by atoms with Crippen molar-refractivity contribution in [1.29, 1.82) is 0 Å². The number of benzene rings is 3. The van der Waals surface area contributed by atoms with Gasteiger partial charge in [0.2, 0.25) is 5.60 Å². The van der Waals surface area contributed by atoms with Crippen molar-refractivity contribution in [2.45, 2.75) is 10.5 Å². The van der Waals surface area contributed by atoms with Crippen LogP contribution in [0.3, 0.4) is 0 Å². The Hall–Kier alpha value is -4.16. The van der Waals surface area contributed by atoms with Crippen molar-refractivity contribution in [1.82, 2.24) is 0 Å². The zero-order valence-electron chi connectivity index (χ0n) is 20.7. The third-order valence-corrected chi connectivity index (χ3v) is 7.94. The molecule has 0 fully saturated rings. The van der Waals surface area contributed by atoms with E-state index in [1.54, 1.807) is 6.07 Å². The van der Waals surface area contributed by atoms with Crippen molar-refractivity contribution in [3.8, 4) is 23.0 Å². The lowest BCUT2D eigenvalue weighted by molar-refractivity contribution is -0.131. The van der Waals surface area contributed by atoms with Crippen LogP contribution in [0.4, 0.5) is 10.5 Å². The van der Waals surface area contributed by atoms with Gasteiger partial charge < -0.3 is 29.4 Å². The molecule has 0 spiro atoms. The van der Waals surface area contributed by atoms with Crippen LogP contribution >= 0.6 is 11.6 Å². The van der Waals surface area contributed by atoms with Gasteiger partial charge in [-0.3, -0.25) is 4.79 Å². The van der Waals surface area contributed by atoms with Gasteiger partial charge in [0.15, 0.2) is 0 Å². The second-order valence-electron chi connectivity index (χ2n) is 7.92. The molecular formula is C25H23ClN2O9S. The molecule has 4 rings (SSSR count). The highest BCUT2D eigenvalue weighted by Crippen LogP contribution is 2.53. The van der Waals surface area contributed by atoms with Crippen LogP contribution in [0.5, 0.6) is 23.0 Å². The van der Waals surface area contributed by atoms with Crippen molar-refractivity contribution in [3.05, 3.63) is 70.7 Å². The number of sulfonamides is 1. The largest absolute Gasteiger partial charge is 0.497 e. The number of carbonyl (C=O) groups excluding carboxylic acids is 2. The van der Waals surface area contributed by atoms with Crippen molar-refractivity contribution in [3.63, 3.8) is 0 Å². The lowest BCUT2D eigenvalue weighted by atomic mass is 9.86. The number of ether oxygens (including phenoxy) is 5. The van der Waals surface area contributed by atoms with Crippen LogP contribution in [-0.4, -0.2) is 48.9 Å². The molecular weight excluding hydrogens is 540 g/mol. The van der Waals surface area contributed by atoms with Crippen molar-refractivity contribution < 1.29 is 41.7 Å². The summed E-state index contributed by atoms with van der Waals surface area (Å²) >= 11 is 6.27. The Morgan fingerprint density at radius 2 is 1.47 bits per heavy atom. The summed E-state index contributed by atoms with van der Waals surface area (Å²) in [5.74, 6) is -0.568. The number of halogens is 1. The van der Waals surface area contributed by atoms with Gasteiger partial charge in [0.1, 0.15) is 27.9 Å². The first-order valence-corrected chi connectivity index (χ1v) is 12.7. The van der Waals surface area contributed by atoms with Crippen LogP contribution in [-0.2, 0) is 25.2 Å². The van der Waals surface area contributed by atoms with Crippen LogP contribution in [0.1, 0.15) is 11.1 Å². The predicted octanol–water partition coefficient (Wildman–Crippen LogP) is 3.45. The molecule has 0 saturated carbocycles. The first-order valence-electron chi connectivity index (χ1n) is 10.9. The summed E-state index contributed by atoms with van der Waals surface area (Å²) in [6.07, 6.45) is -1.35. The summed E-state index contributed by atoms with van der Waals surface area (Å²) in [7, 11) is 0.725. The number of anilines is 1. The van der Waals surface area contributed by atoms with Crippen molar-refractivity contribution >= 4 is 39.3 Å². The molecule has 13 heteroatoms. The number of nitrogens with two attached hydrogens (primary N) is 1. The maximum Gasteiger partial charge on any atom is 0.406 e. The SMILES string of the molecule is COc1ccc(S(=O)(=O)N2C(=O)C(OC(N)=O)(c3cc(OC)ccc3OC)c3cc(Cl)ccc32)c(OC)c1. The minimum absolute atomic E-state index is 0.0361. The predicted molar refractivity (Wildman–Crippen MR) is 137 cm³/mol. The van der Waals surface area contributed by atoms with Gasteiger partial charge in [-0.25, -0.2) is 13.2 Å². The van der Waals surface area contributed by atoms with Gasteiger partial charge in [-0.2, -0.15) is 4.31 Å². The number of hydrogen-bond donors (Lipinski definition) is 1. The number of nitrogens with zero attached hydrogens (tertiary/aromatic N) is 1. The quantitative estimate of drug-likeness (QED) is 0.436. The highest BCUT2D eigenvalue weighted by atomic mass is 35.5. The number of hydrogen-bond acceptors (Lipinski definition) is 9. The summed E-state index contributed by atoms with van der Waals surface area (Å²) < 4.78 is 55.4. The number of rotatable bonds is 8. The summed E-state index contributed by atoms with van der Waals surface area (Å²) in [6, 6.07) is 12.4. The first kappa shape index (κ1) is 26.9. The summed E-state index contributed by atoms with van der Waals surface area (Å²) in [6.45, 7) is 0. The standard InChI is InChI=1S/C25H23ClN2O9S/c1-33-15-6-9-20(35-3)18(12-15)25(37-24(27)30)17-11-14(26)5-8-19(17)28(23(25)29)38(31,32)22-10-7-16(34-2)13-21(22)36-4/h5-13H,1-4H3,(H2,27,30). The molecule has 11 nitrogen and oxygen atoms in total. The number of amides is 2. The van der Waals surface area contributed by atoms with Crippen LogP contribution < -0.4 is 29.0 Å². The van der Waals surface area contributed by atoms with Gasteiger partial charge in [-0.15, -0.1) is 0 Å². The van der Waals surface area contributed by atoms with E-state index in [-0.39, 0.29) is 44.0 Å². The normalized spacial score (nSPS) is 16.6. The molecule has 0 saturated heterocycles. The second-order valence-corrected chi connectivity index (χ2v) is 10.1. The number of primary amides is 1. The number of methoxy groups -OCH3 is 4. The van der Waals surface area contributed by atoms with Crippen LogP contribution in [0.15, 0.2) is 59.5 Å². The Kier molecular flexibility index (Phi) is 7.04. The van der Waals surface area contributed by atoms with Crippen molar-refractivity contribution in [2.75, 3.05) is 32.7 Å². The smallest absolute Gasteiger partial charge is 0.406 e. The van der Waals surface area contributed by atoms with E-state index >= 15 is 0 Å². The van der Waals surface area contributed by atoms with Crippen LogP contribution in [0.25, 0.3) is 0 Å². The molecule has 2 amide bonds. The van der Waals surface area contributed by atoms with E-state index in [1.165, 1.54) is 77.0 Å². The summed E-state index contributed by atoms with van der Waals surface area (Å²) in [4.78, 5) is 26.3. The van der Waals surface area contributed by atoms with Crippen LogP contribution in [0, 0.1) is 0 Å². The van der Waals surface area contributed by atoms with E-state index in [1.807, 2.05) is 0 Å². The minimum atomic E-state index is -4.68. The van der Waals surface area contributed by atoms with Gasteiger partial charge >= 0.3 is 6.09 Å². The van der Waals surface area contributed by atoms with Crippen molar-refractivity contribution in [2.24, 2.45) is 5.73 Å². The third-order valence-electron chi connectivity index (χ3n) is 5.97. The zero-order valence-corrected chi connectivity index (χ0v) is 22.3. The monoisotopic (exact) mass is 562 g/mol. The molecule has 1 aliphatic rings. The molecule has 0 aliphatic carbocycles. The molecule has 3 aromatic rings. The van der Waals surface area contributed by atoms with E-state index in [0.717, 1.165) is 0 Å². The molecule has 38 heavy (non-hydrogen) atoms. The zero-order chi connectivity index (χ0) is 27.8. The Morgan fingerprint density at radius 1 is 0.842 bits per heavy atom. The Bertz CT molecular complexity index is 1540. The number of fused-ring (bicyclic) bond motifs is 1. The fourth-order valence-corrected chi connectivity index (χ4v) is 6.08. The van der Waals surface area contributed by atoms with E-state index in [9.17, 15) is 18.0 Å². The lowest BCUT2D eigenvalue weighted by Gasteiger charge is -2.30. The maximum atomic E-state index is 14.4. The average Bonchev–Trinajstić information content (AvgIpc) is 3.15. The average molecular weight is 563 g/mol. The summed E-state index contributed by atoms with van der Waals surface area (Å²) in [5, 5.41) is 0.136. The second kappa shape index (κ2) is 9.95. The van der Waals surface area contributed by atoms with Gasteiger partial charge in [0.05, 0.1) is 39.7 Å². The fraction of sp³-hybridized carbons (Fsp3) is 0.200. The van der Waals surface area contributed by atoms with Gasteiger partial charge in [-0.05, 0) is 48.5 Å². The molecule has 0 aromatic heterocycles. The van der Waals surface area contributed by atoms with E-state index < -0.39 is 27.6 Å². The molecule has 3 aromatic carbocycles. The van der Waals surface area contributed by atoms with Gasteiger partial charge in [0.25, 0.3) is 15.9 Å². The van der Waals surface area contributed by atoms with E-state index in [0.29, 0.717) is 10.1 Å². The molecule has 1 atom stereocenters. The van der Waals surface area contributed by atoms with E-state index in [2.05, 4.69) is 0 Å². The topological polar surface area (TPSA) is 144 Å². The Balaban J connectivity index is 2.08. The molecule has 1 aliphatic heterocycles. The highest BCUT2D eigenvalue weighted by molar-refractivity contribution is 7.93. The number of carbonyl (C=O) groups is 2. The Morgan fingerprint density at radius 3 is 2.08 bits per heavy atom. The first-order chi connectivity index (χ1) is 18.0. The van der Waals surface area contributed by atoms with Gasteiger partial charge in [0, 0.05) is 16.7 Å². The third kappa shape index (κ3) is 4.11. The highest BCUT2D eigenvalue weighted by Gasteiger charge is 2.60. The maximum absolute atomic E-state index is 14.4. The summed E-state index contributed by atoms with van der Waals surface area (Å²) in [5.41, 5.74) is 2.82. The van der Waals surface area contributed by atoms with Gasteiger partial charge in [-0.1, -0.05) is 11.6 Å². The Labute approximate surface area is 223 Å². The fourth-order valence-electron chi connectivity index (χ4n) is 4.31. The molecule has 2 N–H and O–H groups in total. The molecule has 1 heterocycles. The minimum Gasteiger partial charge on any atom is -0.497 e. The molecule has 0 bridgehead atoms.